The monoisotopic (exact) mass is 453 g/mol. The van der Waals surface area contributed by atoms with E-state index in [-0.39, 0.29) is 29.5 Å². The minimum Gasteiger partial charge on any atom is -0.465 e. The highest BCUT2D eigenvalue weighted by molar-refractivity contribution is 7.09. The summed E-state index contributed by atoms with van der Waals surface area (Å²) >= 11 is 1.59. The molecule has 0 unspecified atom stereocenters. The number of carboxylic acid groups (broad SMARTS) is 1. The van der Waals surface area contributed by atoms with Crippen molar-refractivity contribution in [3.8, 4) is 0 Å². The van der Waals surface area contributed by atoms with Crippen molar-refractivity contribution in [1.82, 2.24) is 15.6 Å². The van der Waals surface area contributed by atoms with Crippen LogP contribution in [-0.2, 0) is 18.4 Å². The minimum atomic E-state index is -1.31. The molecular weight excluding hydrogens is 424 g/mol. The minimum absolute atomic E-state index is 0.0379. The molecule has 1 amide bonds. The Labute approximate surface area is 184 Å². The van der Waals surface area contributed by atoms with Crippen LogP contribution in [-0.4, -0.2) is 40.0 Å². The average Bonchev–Trinajstić information content (AvgIpc) is 3.28. The number of thiazole rings is 1. The topological polar surface area (TPSA) is 94.5 Å². The maximum absolute atomic E-state index is 13.5. The van der Waals surface area contributed by atoms with Crippen molar-refractivity contribution in [3.63, 3.8) is 0 Å². The van der Waals surface area contributed by atoms with Crippen molar-refractivity contribution >= 4 is 17.4 Å². The Balaban J connectivity index is 1.65. The largest absolute Gasteiger partial charge is 0.465 e. The molecule has 6 nitrogen and oxygen atoms in total. The molecule has 0 bridgehead atoms. The van der Waals surface area contributed by atoms with Gasteiger partial charge in [0, 0.05) is 18.0 Å². The summed E-state index contributed by atoms with van der Waals surface area (Å²) in [7, 11) is 0. The molecule has 1 fully saturated rings. The number of aliphatic hydroxyl groups excluding tert-OH is 1. The summed E-state index contributed by atoms with van der Waals surface area (Å²) in [5, 5.41) is 28.4. The van der Waals surface area contributed by atoms with Crippen molar-refractivity contribution in [2.45, 2.75) is 64.1 Å². The second kappa shape index (κ2) is 9.18. The molecule has 4 N–H and O–H groups in total. The van der Waals surface area contributed by atoms with Gasteiger partial charge in [-0.3, -0.25) is 0 Å². The summed E-state index contributed by atoms with van der Waals surface area (Å²) in [5.74, 6) is -1.49. The van der Waals surface area contributed by atoms with Gasteiger partial charge in [0.05, 0.1) is 23.4 Å². The van der Waals surface area contributed by atoms with Gasteiger partial charge in [0.1, 0.15) is 16.6 Å². The van der Waals surface area contributed by atoms with Gasteiger partial charge in [-0.2, -0.15) is 0 Å². The molecule has 170 valence electrons. The van der Waals surface area contributed by atoms with Crippen LogP contribution in [0, 0.1) is 17.0 Å². The Morgan fingerprint density at radius 3 is 2.45 bits per heavy atom. The molecule has 2 aromatic rings. The third kappa shape index (κ3) is 6.69. The van der Waals surface area contributed by atoms with Gasteiger partial charge in [0.25, 0.3) is 0 Å². The maximum Gasteiger partial charge on any atom is 0.404 e. The maximum atomic E-state index is 13.5. The fourth-order valence-corrected chi connectivity index (χ4v) is 4.66. The molecule has 1 heterocycles. The predicted molar refractivity (Wildman–Crippen MR) is 115 cm³/mol. The van der Waals surface area contributed by atoms with Crippen LogP contribution in [0.2, 0.25) is 0 Å². The summed E-state index contributed by atoms with van der Waals surface area (Å²) < 4.78 is 27.0. The standard InChI is InChI=1S/C22H29F2N3O3S/c1-21(2,3)10-16-12-31-19(26-16)22(4-5-22)25-11-18(28)17(27-20(29)30)8-13-6-14(23)9-15(24)7-13/h6-7,9,12,17-18,25,27-28H,4-5,8,10-11H2,1-3H3,(H,29,30)/t17-,18+/m0/s1. The third-order valence-electron chi connectivity index (χ3n) is 5.22. The van der Waals surface area contributed by atoms with E-state index in [0.717, 1.165) is 48.2 Å². The Hall–Kier alpha value is -2.10. The summed E-state index contributed by atoms with van der Waals surface area (Å²) in [6, 6.07) is 2.10. The Kier molecular flexibility index (Phi) is 6.98. The van der Waals surface area contributed by atoms with Gasteiger partial charge in [-0.15, -0.1) is 11.3 Å². The van der Waals surface area contributed by atoms with E-state index in [2.05, 4.69) is 36.8 Å². The van der Waals surface area contributed by atoms with Crippen LogP contribution in [0.1, 0.15) is 49.9 Å². The molecule has 31 heavy (non-hydrogen) atoms. The van der Waals surface area contributed by atoms with Gasteiger partial charge in [0.2, 0.25) is 0 Å². The highest BCUT2D eigenvalue weighted by Gasteiger charge is 2.47. The van der Waals surface area contributed by atoms with Crippen LogP contribution < -0.4 is 10.6 Å². The van der Waals surface area contributed by atoms with E-state index in [4.69, 9.17) is 10.1 Å². The SMILES string of the molecule is CC(C)(C)Cc1csc(C2(NC[C@@H](O)[C@H](Cc3cc(F)cc(F)c3)NC(=O)O)CC2)n1. The second-order valence-electron chi connectivity index (χ2n) is 9.45. The number of amides is 1. The normalized spacial score (nSPS) is 17.2. The lowest BCUT2D eigenvalue weighted by atomic mass is 9.91. The lowest BCUT2D eigenvalue weighted by molar-refractivity contribution is 0.114. The van der Waals surface area contributed by atoms with E-state index in [1.54, 1.807) is 11.3 Å². The quantitative estimate of drug-likeness (QED) is 0.463. The molecule has 1 aliphatic carbocycles. The molecule has 0 aliphatic heterocycles. The highest BCUT2D eigenvalue weighted by Crippen LogP contribution is 2.46. The molecule has 0 spiro atoms. The zero-order valence-electron chi connectivity index (χ0n) is 17.9. The van der Waals surface area contributed by atoms with Gasteiger partial charge in [-0.1, -0.05) is 20.8 Å². The number of benzene rings is 1. The number of rotatable bonds is 9. The van der Waals surface area contributed by atoms with Crippen molar-refractivity contribution in [1.29, 1.82) is 0 Å². The van der Waals surface area contributed by atoms with Crippen LogP contribution in [0.3, 0.4) is 0 Å². The molecular formula is C22H29F2N3O3S. The van der Waals surface area contributed by atoms with Crippen LogP contribution in [0.5, 0.6) is 0 Å². The van der Waals surface area contributed by atoms with Crippen LogP contribution in [0.4, 0.5) is 13.6 Å². The van der Waals surface area contributed by atoms with Crippen molar-refractivity contribution in [2.24, 2.45) is 5.41 Å². The average molecular weight is 454 g/mol. The van der Waals surface area contributed by atoms with Crippen LogP contribution in [0.25, 0.3) is 0 Å². The highest BCUT2D eigenvalue weighted by atomic mass is 32.1. The molecule has 1 aromatic heterocycles. The molecule has 0 saturated heterocycles. The summed E-state index contributed by atoms with van der Waals surface area (Å²) in [6.07, 6.45) is 0.200. The molecule has 9 heteroatoms. The van der Waals surface area contributed by atoms with E-state index < -0.39 is 29.9 Å². The fourth-order valence-electron chi connectivity index (χ4n) is 3.61. The molecule has 2 atom stereocenters. The number of nitrogens with one attached hydrogen (secondary N) is 2. The predicted octanol–water partition coefficient (Wildman–Crippen LogP) is 3.83. The summed E-state index contributed by atoms with van der Waals surface area (Å²) in [5.41, 5.74) is 1.14. The first kappa shape index (κ1) is 23.6. The van der Waals surface area contributed by atoms with E-state index in [0.29, 0.717) is 0 Å². The number of hydrogen-bond acceptors (Lipinski definition) is 5. The number of nitrogens with zero attached hydrogens (tertiary/aromatic N) is 1. The molecule has 0 radical (unpaired) electrons. The number of aromatic nitrogens is 1. The summed E-state index contributed by atoms with van der Waals surface area (Å²) in [6.45, 7) is 6.60. The van der Waals surface area contributed by atoms with E-state index in [1.165, 1.54) is 0 Å². The fraction of sp³-hybridized carbons (Fsp3) is 0.545. The lowest BCUT2D eigenvalue weighted by Gasteiger charge is -2.25. The second-order valence-corrected chi connectivity index (χ2v) is 10.3. The first-order chi connectivity index (χ1) is 14.5. The van der Waals surface area contributed by atoms with Gasteiger partial charge in [0.15, 0.2) is 0 Å². The van der Waals surface area contributed by atoms with Crippen LogP contribution >= 0.6 is 11.3 Å². The number of halogens is 2. The smallest absolute Gasteiger partial charge is 0.404 e. The zero-order chi connectivity index (χ0) is 22.8. The first-order valence-corrected chi connectivity index (χ1v) is 11.2. The molecule has 1 aromatic carbocycles. The summed E-state index contributed by atoms with van der Waals surface area (Å²) in [4.78, 5) is 16.0. The van der Waals surface area contributed by atoms with Gasteiger partial charge in [-0.05, 0) is 48.8 Å². The van der Waals surface area contributed by atoms with E-state index >= 15 is 0 Å². The van der Waals surface area contributed by atoms with Gasteiger partial charge in [-0.25, -0.2) is 18.6 Å². The number of hydrogen-bond donors (Lipinski definition) is 4. The Morgan fingerprint density at radius 2 is 1.90 bits per heavy atom. The van der Waals surface area contributed by atoms with Crippen molar-refractivity contribution in [3.05, 3.63) is 51.5 Å². The molecule has 1 saturated carbocycles. The van der Waals surface area contributed by atoms with E-state index in [1.807, 2.05) is 0 Å². The Bertz CT molecular complexity index is 905. The third-order valence-corrected chi connectivity index (χ3v) is 6.32. The number of aliphatic hydroxyl groups is 1. The number of carbonyl (C=O) groups is 1. The molecule has 3 rings (SSSR count). The van der Waals surface area contributed by atoms with Crippen molar-refractivity contribution < 1.29 is 23.8 Å². The van der Waals surface area contributed by atoms with Crippen LogP contribution in [0.15, 0.2) is 23.6 Å². The first-order valence-electron chi connectivity index (χ1n) is 10.3. The van der Waals surface area contributed by atoms with Gasteiger partial charge < -0.3 is 20.8 Å². The van der Waals surface area contributed by atoms with Gasteiger partial charge >= 0.3 is 6.09 Å². The van der Waals surface area contributed by atoms with Crippen molar-refractivity contribution in [2.75, 3.05) is 6.54 Å². The van der Waals surface area contributed by atoms with E-state index in [9.17, 15) is 18.7 Å². The lowest BCUT2D eigenvalue weighted by Crippen LogP contribution is -2.49. The Morgan fingerprint density at radius 1 is 1.26 bits per heavy atom. The zero-order valence-corrected chi connectivity index (χ0v) is 18.7. The molecule has 1 aliphatic rings.